The fraction of sp³-hybridized carbons (Fsp3) is 0.471. The fourth-order valence-corrected chi connectivity index (χ4v) is 2.21. The van der Waals surface area contributed by atoms with Crippen molar-refractivity contribution < 1.29 is 14.4 Å². The van der Waals surface area contributed by atoms with Gasteiger partial charge in [0.2, 0.25) is 11.8 Å². The molecule has 2 N–H and O–H groups in total. The molecule has 0 aliphatic heterocycles. The first-order valence-electron chi connectivity index (χ1n) is 7.56. The topological polar surface area (TPSA) is 75.3 Å². The number of ketones is 1. The first-order chi connectivity index (χ1) is 10.3. The van der Waals surface area contributed by atoms with E-state index in [4.69, 9.17) is 0 Å². The molecule has 0 saturated heterocycles. The third kappa shape index (κ3) is 3.53. The highest BCUT2D eigenvalue weighted by molar-refractivity contribution is 6.13. The summed E-state index contributed by atoms with van der Waals surface area (Å²) < 4.78 is 0. The predicted molar refractivity (Wildman–Crippen MR) is 84.6 cm³/mol. The average Bonchev–Trinajstić information content (AvgIpc) is 3.26. The molecule has 5 heteroatoms. The number of hydrogen-bond acceptors (Lipinski definition) is 3. The number of carbonyl (C=O) groups excluding carboxylic acids is 3. The lowest BCUT2D eigenvalue weighted by Gasteiger charge is -2.16. The summed E-state index contributed by atoms with van der Waals surface area (Å²) in [6.07, 6.45) is 1.13. The summed E-state index contributed by atoms with van der Waals surface area (Å²) in [7, 11) is 0. The summed E-state index contributed by atoms with van der Waals surface area (Å²) in [6.45, 7) is 6.05. The maximum absolute atomic E-state index is 12.4. The third-order valence-corrected chi connectivity index (χ3v) is 3.82. The summed E-state index contributed by atoms with van der Waals surface area (Å²) in [5.41, 5.74) is 0.133. The molecule has 118 valence electrons. The van der Waals surface area contributed by atoms with Gasteiger partial charge in [-0.15, -0.1) is 0 Å². The van der Waals surface area contributed by atoms with E-state index in [0.29, 0.717) is 36.6 Å². The van der Waals surface area contributed by atoms with Crippen LogP contribution in [0.15, 0.2) is 24.3 Å². The average molecular weight is 302 g/mol. The van der Waals surface area contributed by atoms with E-state index in [-0.39, 0.29) is 17.6 Å². The molecule has 1 saturated carbocycles. The Morgan fingerprint density at radius 1 is 1.18 bits per heavy atom. The molecule has 0 bridgehead atoms. The van der Waals surface area contributed by atoms with Crippen LogP contribution in [0.5, 0.6) is 0 Å². The molecule has 1 aromatic rings. The Morgan fingerprint density at radius 3 is 2.41 bits per heavy atom. The van der Waals surface area contributed by atoms with Crippen molar-refractivity contribution in [1.82, 2.24) is 5.32 Å². The minimum absolute atomic E-state index is 0.0630. The summed E-state index contributed by atoms with van der Waals surface area (Å²) in [4.78, 5) is 36.0. The molecule has 0 unspecified atom stereocenters. The van der Waals surface area contributed by atoms with Crippen LogP contribution in [0.1, 0.15) is 44.0 Å². The van der Waals surface area contributed by atoms with Crippen molar-refractivity contribution in [1.29, 1.82) is 0 Å². The lowest BCUT2D eigenvalue weighted by atomic mass is 10.0. The molecule has 0 atom stereocenters. The number of rotatable bonds is 6. The predicted octanol–water partition coefficient (Wildman–Crippen LogP) is 2.38. The highest BCUT2D eigenvalue weighted by Crippen LogP contribution is 2.46. The number of amides is 2. The van der Waals surface area contributed by atoms with Gasteiger partial charge in [0.05, 0.1) is 0 Å². The van der Waals surface area contributed by atoms with Gasteiger partial charge in [0.1, 0.15) is 5.41 Å². The lowest BCUT2D eigenvalue weighted by Crippen LogP contribution is -2.41. The van der Waals surface area contributed by atoms with Crippen molar-refractivity contribution in [3.05, 3.63) is 29.8 Å². The number of Topliss-reactive ketones (excluding diaryl/α,β-unsaturated/α-hetero) is 1. The van der Waals surface area contributed by atoms with Crippen molar-refractivity contribution in [2.45, 2.75) is 33.6 Å². The largest absolute Gasteiger partial charge is 0.355 e. The number of benzene rings is 1. The van der Waals surface area contributed by atoms with E-state index in [2.05, 4.69) is 10.6 Å². The number of hydrogen-bond donors (Lipinski definition) is 2. The van der Waals surface area contributed by atoms with Gasteiger partial charge in [-0.1, -0.05) is 26.0 Å². The maximum atomic E-state index is 12.4. The second-order valence-corrected chi connectivity index (χ2v) is 6.28. The minimum atomic E-state index is -0.943. The Hall–Kier alpha value is -2.17. The first-order valence-corrected chi connectivity index (χ1v) is 7.56. The van der Waals surface area contributed by atoms with E-state index in [0.717, 1.165) is 0 Å². The monoisotopic (exact) mass is 302 g/mol. The molecule has 5 nitrogen and oxygen atoms in total. The lowest BCUT2D eigenvalue weighted by molar-refractivity contribution is -0.134. The molecule has 1 aliphatic rings. The molecule has 1 fully saturated rings. The molecule has 1 aromatic carbocycles. The summed E-state index contributed by atoms with van der Waals surface area (Å²) in [5, 5.41) is 5.58. The van der Waals surface area contributed by atoms with Gasteiger partial charge in [-0.2, -0.15) is 0 Å². The normalized spacial score (nSPS) is 15.3. The number of carbonyl (C=O) groups is 3. The van der Waals surface area contributed by atoms with Crippen LogP contribution in [0, 0.1) is 11.3 Å². The van der Waals surface area contributed by atoms with Gasteiger partial charge in [-0.05, 0) is 37.8 Å². The van der Waals surface area contributed by atoms with Crippen LogP contribution in [-0.4, -0.2) is 24.1 Å². The van der Waals surface area contributed by atoms with E-state index in [1.54, 1.807) is 24.3 Å². The second kappa shape index (κ2) is 6.30. The molecule has 1 aliphatic carbocycles. The Morgan fingerprint density at radius 2 is 1.86 bits per heavy atom. The van der Waals surface area contributed by atoms with Crippen molar-refractivity contribution in [2.24, 2.45) is 11.3 Å². The molecule has 0 radical (unpaired) electrons. The third-order valence-electron chi connectivity index (χ3n) is 3.82. The quantitative estimate of drug-likeness (QED) is 0.626. The summed E-state index contributed by atoms with van der Waals surface area (Å²) >= 11 is 0. The van der Waals surface area contributed by atoms with Crippen LogP contribution in [0.2, 0.25) is 0 Å². The summed E-state index contributed by atoms with van der Waals surface area (Å²) in [6, 6.07) is 6.75. The van der Waals surface area contributed by atoms with Crippen LogP contribution < -0.4 is 10.6 Å². The van der Waals surface area contributed by atoms with E-state index < -0.39 is 5.41 Å². The molecule has 0 aromatic heterocycles. The molecule has 2 rings (SSSR count). The Balaban J connectivity index is 2.04. The summed E-state index contributed by atoms with van der Waals surface area (Å²) in [5.74, 6) is -0.224. The molecule has 2 amide bonds. The molecule has 0 heterocycles. The van der Waals surface area contributed by atoms with Gasteiger partial charge in [-0.25, -0.2) is 0 Å². The maximum Gasteiger partial charge on any atom is 0.240 e. The van der Waals surface area contributed by atoms with E-state index in [1.807, 2.05) is 13.8 Å². The first kappa shape index (κ1) is 16.2. The van der Waals surface area contributed by atoms with E-state index in [1.165, 1.54) is 6.92 Å². The Bertz CT molecular complexity index is 604. The van der Waals surface area contributed by atoms with Gasteiger partial charge in [0.15, 0.2) is 5.78 Å². The van der Waals surface area contributed by atoms with Gasteiger partial charge < -0.3 is 10.6 Å². The van der Waals surface area contributed by atoms with Crippen LogP contribution in [-0.2, 0) is 9.59 Å². The molecule has 0 spiro atoms. The zero-order chi connectivity index (χ0) is 16.3. The highest BCUT2D eigenvalue weighted by Gasteiger charge is 2.56. The van der Waals surface area contributed by atoms with Crippen molar-refractivity contribution in [2.75, 3.05) is 11.9 Å². The van der Waals surface area contributed by atoms with Crippen LogP contribution >= 0.6 is 0 Å². The Labute approximate surface area is 130 Å². The molecule has 22 heavy (non-hydrogen) atoms. The molecular weight excluding hydrogens is 280 g/mol. The van der Waals surface area contributed by atoms with Crippen LogP contribution in [0.4, 0.5) is 5.69 Å². The van der Waals surface area contributed by atoms with Crippen LogP contribution in [0.3, 0.4) is 0 Å². The Kier molecular flexibility index (Phi) is 4.64. The van der Waals surface area contributed by atoms with Gasteiger partial charge >= 0.3 is 0 Å². The van der Waals surface area contributed by atoms with Gasteiger partial charge in [0.25, 0.3) is 0 Å². The number of anilines is 1. The minimum Gasteiger partial charge on any atom is -0.355 e. The van der Waals surface area contributed by atoms with E-state index >= 15 is 0 Å². The van der Waals surface area contributed by atoms with Gasteiger partial charge in [0, 0.05) is 17.8 Å². The van der Waals surface area contributed by atoms with Crippen molar-refractivity contribution >= 4 is 23.3 Å². The van der Waals surface area contributed by atoms with Crippen molar-refractivity contribution in [3.8, 4) is 0 Å². The van der Waals surface area contributed by atoms with E-state index in [9.17, 15) is 14.4 Å². The SMILES string of the molecule is CC(=O)c1cccc(NC(=O)C2(C(=O)NCC(C)C)CC2)c1. The molecular formula is C17H22N2O3. The van der Waals surface area contributed by atoms with Crippen LogP contribution in [0.25, 0.3) is 0 Å². The van der Waals surface area contributed by atoms with Crippen molar-refractivity contribution in [3.63, 3.8) is 0 Å². The van der Waals surface area contributed by atoms with Gasteiger partial charge in [-0.3, -0.25) is 14.4 Å². The smallest absolute Gasteiger partial charge is 0.240 e. The fourth-order valence-electron chi connectivity index (χ4n) is 2.21. The second-order valence-electron chi connectivity index (χ2n) is 6.28. The standard InChI is InChI=1S/C17H22N2O3/c1-11(2)10-18-15(21)17(7-8-17)16(22)19-14-6-4-5-13(9-14)12(3)20/h4-6,9,11H,7-8,10H2,1-3H3,(H,18,21)(H,19,22). The zero-order valence-corrected chi connectivity index (χ0v) is 13.2. The highest BCUT2D eigenvalue weighted by atomic mass is 16.2. The number of nitrogens with one attached hydrogen (secondary N) is 2. The zero-order valence-electron chi connectivity index (χ0n) is 13.2.